The first kappa shape index (κ1) is 17.5. The van der Waals surface area contributed by atoms with Crippen LogP contribution in [0, 0.1) is 0 Å². The van der Waals surface area contributed by atoms with Crippen LogP contribution in [-0.2, 0) is 4.79 Å². The molecule has 0 spiro atoms. The third kappa shape index (κ3) is 7.88. The Morgan fingerprint density at radius 3 is 2.25 bits per heavy atom. The second-order valence-electron chi connectivity index (χ2n) is 6.32. The zero-order valence-corrected chi connectivity index (χ0v) is 13.4. The van der Waals surface area contributed by atoms with Crippen LogP contribution < -0.4 is 5.73 Å². The highest BCUT2D eigenvalue weighted by Crippen LogP contribution is 2.13. The molecule has 0 aliphatic carbocycles. The van der Waals surface area contributed by atoms with E-state index in [0.29, 0.717) is 5.91 Å². The molecule has 3 nitrogen and oxygen atoms in total. The summed E-state index contributed by atoms with van der Waals surface area (Å²) in [6.07, 6.45) is 14.6. The Hall–Kier alpha value is -0.570. The predicted octanol–water partition coefficient (Wildman–Crippen LogP) is 3.86. The van der Waals surface area contributed by atoms with Crippen molar-refractivity contribution in [3.63, 3.8) is 0 Å². The molecule has 1 amide bonds. The van der Waals surface area contributed by atoms with Crippen molar-refractivity contribution >= 4 is 5.91 Å². The van der Waals surface area contributed by atoms with Gasteiger partial charge in [0.15, 0.2) is 0 Å². The SMILES string of the molecule is CCCCCCCCCCCC(=O)N1CCC[C@@H](N)C1. The number of carbonyl (C=O) groups excluding carboxylic acids is 1. The molecule has 3 heteroatoms. The third-order valence-electron chi connectivity index (χ3n) is 4.30. The van der Waals surface area contributed by atoms with Crippen LogP contribution in [0.4, 0.5) is 0 Å². The maximum absolute atomic E-state index is 12.0. The van der Waals surface area contributed by atoms with Crippen molar-refractivity contribution in [3.8, 4) is 0 Å². The first-order valence-electron chi connectivity index (χ1n) is 8.77. The van der Waals surface area contributed by atoms with E-state index in [9.17, 15) is 4.79 Å². The number of unbranched alkanes of at least 4 members (excludes halogenated alkanes) is 8. The van der Waals surface area contributed by atoms with Crippen LogP contribution in [0.5, 0.6) is 0 Å². The van der Waals surface area contributed by atoms with Crippen molar-refractivity contribution in [1.82, 2.24) is 4.90 Å². The minimum Gasteiger partial charge on any atom is -0.341 e. The van der Waals surface area contributed by atoms with Gasteiger partial charge in [0.25, 0.3) is 0 Å². The highest BCUT2D eigenvalue weighted by Gasteiger charge is 2.20. The summed E-state index contributed by atoms with van der Waals surface area (Å²) >= 11 is 0. The molecule has 118 valence electrons. The molecule has 1 aliphatic rings. The van der Waals surface area contributed by atoms with E-state index in [1.54, 1.807) is 0 Å². The smallest absolute Gasteiger partial charge is 0.222 e. The molecule has 1 fully saturated rings. The fourth-order valence-corrected chi connectivity index (χ4v) is 2.98. The molecule has 0 aromatic heterocycles. The molecule has 1 atom stereocenters. The van der Waals surface area contributed by atoms with Gasteiger partial charge < -0.3 is 10.6 Å². The van der Waals surface area contributed by atoms with Crippen molar-refractivity contribution in [2.75, 3.05) is 13.1 Å². The number of amides is 1. The van der Waals surface area contributed by atoms with Gasteiger partial charge in [-0.2, -0.15) is 0 Å². The monoisotopic (exact) mass is 282 g/mol. The molecule has 0 saturated carbocycles. The molecule has 20 heavy (non-hydrogen) atoms. The Bertz CT molecular complexity index is 255. The van der Waals surface area contributed by atoms with E-state index in [1.165, 1.54) is 51.4 Å². The first-order chi connectivity index (χ1) is 9.74. The molecule has 0 bridgehead atoms. The lowest BCUT2D eigenvalue weighted by atomic mass is 10.0. The molecule has 0 aromatic carbocycles. The lowest BCUT2D eigenvalue weighted by Crippen LogP contribution is -2.45. The Labute approximate surface area is 125 Å². The Kier molecular flexibility index (Phi) is 9.73. The fraction of sp³-hybridized carbons (Fsp3) is 0.941. The largest absolute Gasteiger partial charge is 0.341 e. The van der Waals surface area contributed by atoms with E-state index < -0.39 is 0 Å². The molecule has 1 aliphatic heterocycles. The molecule has 1 saturated heterocycles. The van der Waals surface area contributed by atoms with Gasteiger partial charge in [-0.15, -0.1) is 0 Å². The summed E-state index contributed by atoms with van der Waals surface area (Å²) in [7, 11) is 0. The molecule has 2 N–H and O–H groups in total. The van der Waals surface area contributed by atoms with Gasteiger partial charge in [0, 0.05) is 25.6 Å². The number of carbonyl (C=O) groups is 1. The quantitative estimate of drug-likeness (QED) is 0.618. The predicted molar refractivity (Wildman–Crippen MR) is 85.6 cm³/mol. The van der Waals surface area contributed by atoms with Crippen LogP contribution in [0.25, 0.3) is 0 Å². The maximum atomic E-state index is 12.0. The van der Waals surface area contributed by atoms with Crippen LogP contribution in [0.3, 0.4) is 0 Å². The summed E-state index contributed by atoms with van der Waals surface area (Å²) in [6.45, 7) is 3.95. The molecule has 1 heterocycles. The van der Waals surface area contributed by atoms with E-state index in [4.69, 9.17) is 5.73 Å². The van der Waals surface area contributed by atoms with E-state index in [2.05, 4.69) is 6.92 Å². The highest BCUT2D eigenvalue weighted by atomic mass is 16.2. The van der Waals surface area contributed by atoms with Gasteiger partial charge >= 0.3 is 0 Å². The summed E-state index contributed by atoms with van der Waals surface area (Å²) in [5.41, 5.74) is 5.91. The van der Waals surface area contributed by atoms with Crippen LogP contribution in [-0.4, -0.2) is 29.9 Å². The number of nitrogens with zero attached hydrogens (tertiary/aromatic N) is 1. The van der Waals surface area contributed by atoms with E-state index in [0.717, 1.165) is 38.8 Å². The average molecular weight is 282 g/mol. The van der Waals surface area contributed by atoms with Gasteiger partial charge in [0.05, 0.1) is 0 Å². The van der Waals surface area contributed by atoms with Crippen LogP contribution in [0.1, 0.15) is 84.0 Å². The zero-order chi connectivity index (χ0) is 14.6. The topological polar surface area (TPSA) is 46.3 Å². The van der Waals surface area contributed by atoms with Crippen LogP contribution in [0.15, 0.2) is 0 Å². The number of nitrogens with two attached hydrogens (primary N) is 1. The number of piperidine rings is 1. The van der Waals surface area contributed by atoms with Crippen LogP contribution >= 0.6 is 0 Å². The maximum Gasteiger partial charge on any atom is 0.222 e. The Morgan fingerprint density at radius 1 is 1.05 bits per heavy atom. The van der Waals surface area contributed by atoms with Crippen LogP contribution in [0.2, 0.25) is 0 Å². The highest BCUT2D eigenvalue weighted by molar-refractivity contribution is 5.76. The van der Waals surface area contributed by atoms with Gasteiger partial charge in [0.1, 0.15) is 0 Å². The Morgan fingerprint density at radius 2 is 1.65 bits per heavy atom. The molecule has 1 rings (SSSR count). The standard InChI is InChI=1S/C17H34N2O/c1-2-3-4-5-6-7-8-9-10-13-17(20)19-14-11-12-16(18)15-19/h16H,2-15,18H2,1H3/t16-/m1/s1. The summed E-state index contributed by atoms with van der Waals surface area (Å²) in [4.78, 5) is 14.0. The average Bonchev–Trinajstić information content (AvgIpc) is 2.45. The zero-order valence-electron chi connectivity index (χ0n) is 13.4. The van der Waals surface area contributed by atoms with Crippen molar-refractivity contribution in [2.45, 2.75) is 90.0 Å². The van der Waals surface area contributed by atoms with Gasteiger partial charge in [-0.3, -0.25) is 4.79 Å². The number of hydrogen-bond donors (Lipinski definition) is 1. The number of hydrogen-bond acceptors (Lipinski definition) is 2. The lowest BCUT2D eigenvalue weighted by molar-refractivity contribution is -0.132. The summed E-state index contributed by atoms with van der Waals surface area (Å²) in [6, 6.07) is 0.204. The Balaban J connectivity index is 1.91. The van der Waals surface area contributed by atoms with Gasteiger partial charge in [-0.05, 0) is 19.3 Å². The van der Waals surface area contributed by atoms with Crippen molar-refractivity contribution in [1.29, 1.82) is 0 Å². The fourth-order valence-electron chi connectivity index (χ4n) is 2.98. The van der Waals surface area contributed by atoms with Crippen molar-refractivity contribution in [2.24, 2.45) is 5.73 Å². The second kappa shape index (κ2) is 11.1. The summed E-state index contributed by atoms with van der Waals surface area (Å²) < 4.78 is 0. The summed E-state index contributed by atoms with van der Waals surface area (Å²) in [5, 5.41) is 0. The summed E-state index contributed by atoms with van der Waals surface area (Å²) in [5.74, 6) is 0.322. The minimum absolute atomic E-state index is 0.204. The lowest BCUT2D eigenvalue weighted by Gasteiger charge is -2.30. The third-order valence-corrected chi connectivity index (χ3v) is 4.30. The number of rotatable bonds is 10. The second-order valence-corrected chi connectivity index (χ2v) is 6.32. The minimum atomic E-state index is 0.204. The molecule has 0 radical (unpaired) electrons. The molecular formula is C17H34N2O. The normalized spacial score (nSPS) is 19.3. The van der Waals surface area contributed by atoms with E-state index >= 15 is 0 Å². The van der Waals surface area contributed by atoms with Crippen molar-refractivity contribution < 1.29 is 4.79 Å². The molecule has 0 aromatic rings. The first-order valence-corrected chi connectivity index (χ1v) is 8.77. The van der Waals surface area contributed by atoms with Gasteiger partial charge in [0.2, 0.25) is 5.91 Å². The van der Waals surface area contributed by atoms with E-state index in [1.807, 2.05) is 4.90 Å². The number of likely N-dealkylation sites (tertiary alicyclic amines) is 1. The van der Waals surface area contributed by atoms with Gasteiger partial charge in [-0.1, -0.05) is 58.3 Å². The molecular weight excluding hydrogens is 248 g/mol. The van der Waals surface area contributed by atoms with Crippen molar-refractivity contribution in [3.05, 3.63) is 0 Å². The van der Waals surface area contributed by atoms with E-state index in [-0.39, 0.29) is 6.04 Å². The molecule has 0 unspecified atom stereocenters. The van der Waals surface area contributed by atoms with Gasteiger partial charge in [-0.25, -0.2) is 0 Å².